The molecule has 0 aliphatic heterocycles. The number of hydrogen-bond donors (Lipinski definition) is 1. The molecule has 1 aliphatic carbocycles. The first-order valence-corrected chi connectivity index (χ1v) is 8.52. The third kappa shape index (κ3) is 3.07. The van der Waals surface area contributed by atoms with E-state index < -0.39 is 0 Å². The molecular weight excluding hydrogens is 316 g/mol. The van der Waals surface area contributed by atoms with Gasteiger partial charge >= 0.3 is 0 Å². The van der Waals surface area contributed by atoms with Gasteiger partial charge in [-0.1, -0.05) is 24.6 Å². The number of aryl methyl sites for hydroxylation is 1. The minimum absolute atomic E-state index is 0.119. The van der Waals surface area contributed by atoms with Crippen molar-refractivity contribution in [2.45, 2.75) is 31.7 Å². The molecule has 0 bridgehead atoms. The summed E-state index contributed by atoms with van der Waals surface area (Å²) < 4.78 is 7.16. The number of carbonyl (C=O) groups is 1. The summed E-state index contributed by atoms with van der Waals surface area (Å²) in [6.45, 7) is 0.324. The van der Waals surface area contributed by atoms with Crippen LogP contribution in [-0.2, 0) is 13.6 Å². The summed E-state index contributed by atoms with van der Waals surface area (Å²) >= 11 is 0. The van der Waals surface area contributed by atoms with E-state index in [0.717, 1.165) is 24.0 Å². The van der Waals surface area contributed by atoms with Gasteiger partial charge in [0, 0.05) is 18.2 Å². The Morgan fingerprint density at radius 1 is 1.32 bits per heavy atom. The standard InChI is InChI=1S/C19H20N4O2/c1-23-17(16(11-21-23)13-8-5-9-13)18(24)20-10-15-12-25-19(22-15)14-6-3-2-4-7-14/h2-4,6-7,11-13H,5,8-10H2,1H3,(H,20,24). The van der Waals surface area contributed by atoms with Crippen LogP contribution in [0.3, 0.4) is 0 Å². The average molecular weight is 336 g/mol. The number of carbonyl (C=O) groups excluding carboxylic acids is 1. The van der Waals surface area contributed by atoms with Crippen molar-refractivity contribution in [2.24, 2.45) is 7.05 Å². The molecule has 0 radical (unpaired) electrons. The monoisotopic (exact) mass is 336 g/mol. The van der Waals surface area contributed by atoms with Gasteiger partial charge in [0.1, 0.15) is 12.0 Å². The number of hydrogen-bond acceptors (Lipinski definition) is 4. The minimum Gasteiger partial charge on any atom is -0.444 e. The maximum absolute atomic E-state index is 12.6. The van der Waals surface area contributed by atoms with E-state index in [9.17, 15) is 4.79 Å². The molecule has 1 saturated carbocycles. The van der Waals surface area contributed by atoms with Crippen molar-refractivity contribution in [2.75, 3.05) is 0 Å². The van der Waals surface area contributed by atoms with E-state index in [0.29, 0.717) is 29.7 Å². The number of nitrogens with one attached hydrogen (secondary N) is 1. The first kappa shape index (κ1) is 15.6. The van der Waals surface area contributed by atoms with Crippen LogP contribution in [-0.4, -0.2) is 20.7 Å². The van der Waals surface area contributed by atoms with Crippen LogP contribution in [0.15, 0.2) is 47.2 Å². The third-order valence-corrected chi connectivity index (χ3v) is 4.73. The van der Waals surface area contributed by atoms with Crippen LogP contribution in [0.4, 0.5) is 0 Å². The number of benzene rings is 1. The molecule has 128 valence electrons. The summed E-state index contributed by atoms with van der Waals surface area (Å²) in [7, 11) is 1.81. The normalized spacial score (nSPS) is 14.3. The Hall–Kier alpha value is -2.89. The second-order valence-electron chi connectivity index (χ2n) is 6.39. The molecule has 2 aromatic heterocycles. The van der Waals surface area contributed by atoms with Crippen LogP contribution in [0.5, 0.6) is 0 Å². The van der Waals surface area contributed by atoms with Crippen molar-refractivity contribution in [1.82, 2.24) is 20.1 Å². The lowest BCUT2D eigenvalue weighted by molar-refractivity contribution is 0.0939. The molecule has 1 N–H and O–H groups in total. The highest BCUT2D eigenvalue weighted by Crippen LogP contribution is 2.37. The van der Waals surface area contributed by atoms with Crippen molar-refractivity contribution in [3.63, 3.8) is 0 Å². The molecular formula is C19H20N4O2. The zero-order valence-corrected chi connectivity index (χ0v) is 14.1. The Balaban J connectivity index is 1.45. The Morgan fingerprint density at radius 3 is 2.84 bits per heavy atom. The van der Waals surface area contributed by atoms with Gasteiger partial charge in [-0.25, -0.2) is 4.98 Å². The largest absolute Gasteiger partial charge is 0.444 e. The van der Waals surface area contributed by atoms with Gasteiger partial charge in [0.2, 0.25) is 5.89 Å². The summed E-state index contributed by atoms with van der Waals surface area (Å²) in [5.74, 6) is 0.901. The van der Waals surface area contributed by atoms with Crippen molar-refractivity contribution in [3.8, 4) is 11.5 Å². The van der Waals surface area contributed by atoms with Gasteiger partial charge in [0.25, 0.3) is 5.91 Å². The molecule has 0 saturated heterocycles. The van der Waals surface area contributed by atoms with Crippen molar-refractivity contribution in [1.29, 1.82) is 0 Å². The first-order chi connectivity index (χ1) is 12.2. The van der Waals surface area contributed by atoms with Gasteiger partial charge in [-0.15, -0.1) is 0 Å². The topological polar surface area (TPSA) is 73.0 Å². The lowest BCUT2D eigenvalue weighted by Crippen LogP contribution is -2.27. The van der Waals surface area contributed by atoms with Crippen LogP contribution < -0.4 is 5.32 Å². The Bertz CT molecular complexity index is 878. The number of rotatable bonds is 5. The fourth-order valence-corrected chi connectivity index (χ4v) is 3.11. The predicted molar refractivity (Wildman–Crippen MR) is 92.9 cm³/mol. The van der Waals surface area contributed by atoms with Gasteiger partial charge in [-0.3, -0.25) is 9.48 Å². The van der Waals surface area contributed by atoms with E-state index in [2.05, 4.69) is 15.4 Å². The second-order valence-corrected chi connectivity index (χ2v) is 6.39. The van der Waals surface area contributed by atoms with Crippen LogP contribution in [0.1, 0.15) is 46.9 Å². The van der Waals surface area contributed by atoms with E-state index in [1.807, 2.05) is 36.5 Å². The van der Waals surface area contributed by atoms with E-state index in [1.165, 1.54) is 6.42 Å². The molecule has 1 aliphatic rings. The average Bonchev–Trinajstić information content (AvgIpc) is 3.19. The summed E-state index contributed by atoms with van der Waals surface area (Å²) in [5.41, 5.74) is 3.31. The number of nitrogens with zero attached hydrogens (tertiary/aromatic N) is 3. The van der Waals surface area contributed by atoms with Crippen molar-refractivity contribution < 1.29 is 9.21 Å². The summed E-state index contributed by atoms with van der Waals surface area (Å²) in [6, 6.07) is 9.70. The molecule has 0 atom stereocenters. The van der Waals surface area contributed by atoms with Crippen LogP contribution in [0.2, 0.25) is 0 Å². The molecule has 0 unspecified atom stereocenters. The molecule has 1 amide bonds. The van der Waals surface area contributed by atoms with Crippen molar-refractivity contribution in [3.05, 3.63) is 59.7 Å². The third-order valence-electron chi connectivity index (χ3n) is 4.73. The van der Waals surface area contributed by atoms with E-state index in [4.69, 9.17) is 4.42 Å². The smallest absolute Gasteiger partial charge is 0.270 e. The molecule has 4 rings (SSSR count). The Morgan fingerprint density at radius 2 is 2.12 bits per heavy atom. The molecule has 6 heteroatoms. The summed E-state index contributed by atoms with van der Waals surface area (Å²) in [5, 5.41) is 7.19. The van der Waals surface area contributed by atoms with Gasteiger partial charge in [-0.05, 0) is 30.9 Å². The highest BCUT2D eigenvalue weighted by molar-refractivity contribution is 5.94. The second kappa shape index (κ2) is 6.55. The van der Waals surface area contributed by atoms with Gasteiger partial charge in [-0.2, -0.15) is 5.10 Å². The quantitative estimate of drug-likeness (QED) is 0.776. The van der Waals surface area contributed by atoms with Gasteiger partial charge in [0.15, 0.2) is 0 Å². The molecule has 6 nitrogen and oxygen atoms in total. The SMILES string of the molecule is Cn1ncc(C2CCC2)c1C(=O)NCc1coc(-c2ccccc2)n1. The minimum atomic E-state index is -0.119. The zero-order chi connectivity index (χ0) is 17.2. The highest BCUT2D eigenvalue weighted by Gasteiger charge is 2.27. The van der Waals surface area contributed by atoms with Crippen molar-refractivity contribution >= 4 is 5.91 Å². The predicted octanol–water partition coefficient (Wildman–Crippen LogP) is 3.27. The molecule has 25 heavy (non-hydrogen) atoms. The fourth-order valence-electron chi connectivity index (χ4n) is 3.11. The Labute approximate surface area is 145 Å². The van der Waals surface area contributed by atoms with E-state index >= 15 is 0 Å². The lowest BCUT2D eigenvalue weighted by atomic mass is 9.80. The lowest BCUT2D eigenvalue weighted by Gasteiger charge is -2.25. The zero-order valence-electron chi connectivity index (χ0n) is 14.1. The maximum atomic E-state index is 12.6. The molecule has 0 spiro atoms. The highest BCUT2D eigenvalue weighted by atomic mass is 16.3. The Kier molecular flexibility index (Phi) is 4.09. The maximum Gasteiger partial charge on any atom is 0.270 e. The summed E-state index contributed by atoms with van der Waals surface area (Å²) in [6.07, 6.45) is 6.90. The summed E-state index contributed by atoms with van der Waals surface area (Å²) in [4.78, 5) is 17.0. The molecule has 3 aromatic rings. The van der Waals surface area contributed by atoms with Gasteiger partial charge in [0.05, 0.1) is 18.4 Å². The molecule has 1 aromatic carbocycles. The van der Waals surface area contributed by atoms with E-state index in [1.54, 1.807) is 18.0 Å². The van der Waals surface area contributed by atoms with Gasteiger partial charge < -0.3 is 9.73 Å². The molecule has 1 fully saturated rings. The van der Waals surface area contributed by atoms with E-state index in [-0.39, 0.29) is 5.91 Å². The first-order valence-electron chi connectivity index (χ1n) is 8.52. The fraction of sp³-hybridized carbons (Fsp3) is 0.316. The van der Waals surface area contributed by atoms with Crippen LogP contribution >= 0.6 is 0 Å². The number of amides is 1. The number of oxazole rings is 1. The van der Waals surface area contributed by atoms with Crippen LogP contribution in [0.25, 0.3) is 11.5 Å². The molecule has 2 heterocycles. The number of aromatic nitrogens is 3. The van der Waals surface area contributed by atoms with Crippen LogP contribution in [0, 0.1) is 0 Å².